The molecule has 4 aromatic heterocycles. The third-order valence-corrected chi connectivity index (χ3v) is 6.73. The van der Waals surface area contributed by atoms with E-state index in [0.717, 1.165) is 44.6 Å². The lowest BCUT2D eigenvalue weighted by Crippen LogP contribution is -2.08. The highest BCUT2D eigenvalue weighted by Crippen LogP contribution is 2.42. The quantitative estimate of drug-likeness (QED) is 0.292. The predicted molar refractivity (Wildman–Crippen MR) is 136 cm³/mol. The molecule has 184 valence electrons. The lowest BCUT2D eigenvalue weighted by atomic mass is 10.0. The zero-order valence-corrected chi connectivity index (χ0v) is 20.9. The number of anilines is 2. The minimum Gasteiger partial charge on any atom is -0.496 e. The van der Waals surface area contributed by atoms with Crippen LogP contribution in [0.15, 0.2) is 22.7 Å². The lowest BCUT2D eigenvalue weighted by Gasteiger charge is -2.11. The van der Waals surface area contributed by atoms with E-state index in [1.54, 1.807) is 7.11 Å². The van der Waals surface area contributed by atoms with Crippen molar-refractivity contribution in [2.45, 2.75) is 53.0 Å². The molecule has 0 spiro atoms. The van der Waals surface area contributed by atoms with Crippen LogP contribution in [0.3, 0.4) is 0 Å². The Balaban J connectivity index is 1.57. The Kier molecular flexibility index (Phi) is 5.06. The monoisotopic (exact) mass is 485 g/mol. The summed E-state index contributed by atoms with van der Waals surface area (Å²) in [7, 11) is 1.64. The maximum absolute atomic E-state index is 12.3. The number of carbonyl (C=O) groups excluding carboxylic acids is 1. The third kappa shape index (κ3) is 3.52. The van der Waals surface area contributed by atoms with Gasteiger partial charge in [0.25, 0.3) is 0 Å². The number of fused-ring (bicyclic) bond motifs is 3. The van der Waals surface area contributed by atoms with Crippen LogP contribution in [-0.4, -0.2) is 42.8 Å². The molecule has 0 unspecified atom stereocenters. The number of aryl methyl sites for hydroxylation is 3. The van der Waals surface area contributed by atoms with E-state index in [0.29, 0.717) is 35.4 Å². The summed E-state index contributed by atoms with van der Waals surface area (Å²) < 4.78 is 13.1. The normalized spacial score (nSPS) is 13.6. The van der Waals surface area contributed by atoms with Gasteiger partial charge >= 0.3 is 0 Å². The van der Waals surface area contributed by atoms with E-state index in [1.165, 1.54) is 19.8 Å². The molecule has 2 N–H and O–H groups in total. The van der Waals surface area contributed by atoms with Crippen LogP contribution in [0.1, 0.15) is 60.4 Å². The first-order valence-electron chi connectivity index (χ1n) is 12.1. The van der Waals surface area contributed by atoms with Gasteiger partial charge in [0.05, 0.1) is 29.4 Å². The molecule has 0 radical (unpaired) electrons. The number of nitrogens with one attached hydrogen (secondary N) is 2. The van der Waals surface area contributed by atoms with E-state index in [9.17, 15) is 4.79 Å². The molecule has 1 aromatic carbocycles. The molecule has 1 aliphatic rings. The largest absolute Gasteiger partial charge is 0.496 e. The molecule has 0 amide bonds. The number of Topliss-reactive ketones (excluding diaryl/α,β-unsaturated/α-hetero) is 1. The summed E-state index contributed by atoms with van der Waals surface area (Å²) >= 11 is 0. The van der Waals surface area contributed by atoms with E-state index >= 15 is 0 Å². The molecule has 1 saturated carbocycles. The van der Waals surface area contributed by atoms with Crippen LogP contribution in [0.2, 0.25) is 0 Å². The number of ketones is 1. The van der Waals surface area contributed by atoms with Gasteiger partial charge in [-0.3, -0.25) is 4.79 Å². The Morgan fingerprint density at radius 1 is 1.25 bits per heavy atom. The fourth-order valence-corrected chi connectivity index (χ4v) is 4.78. The van der Waals surface area contributed by atoms with Gasteiger partial charge in [-0.25, -0.2) is 14.6 Å². The van der Waals surface area contributed by atoms with Crippen LogP contribution in [0.25, 0.3) is 33.1 Å². The zero-order valence-electron chi connectivity index (χ0n) is 20.9. The standard InChI is InChI=1S/C26H27N7O3/c1-6-33-21(11-18(31-33)15-7-8-15)28-26-23-16-10-20(35-5)17(22-12(2)32-36-14(22)4)9-19(16)27-25(23)29-24(30-26)13(3)34/h9-11,15H,6-8H2,1-5H3,(H2,27,28,29,30). The lowest BCUT2D eigenvalue weighted by molar-refractivity contribution is 0.100. The van der Waals surface area contributed by atoms with Crippen LogP contribution in [0, 0.1) is 13.8 Å². The Morgan fingerprint density at radius 3 is 2.69 bits per heavy atom. The smallest absolute Gasteiger partial charge is 0.199 e. The number of H-pyrrole nitrogens is 1. The van der Waals surface area contributed by atoms with E-state index in [1.807, 2.05) is 30.7 Å². The highest BCUT2D eigenvalue weighted by molar-refractivity contribution is 6.14. The molecule has 6 rings (SSSR count). The summed E-state index contributed by atoms with van der Waals surface area (Å²) in [6.45, 7) is 8.01. The molecule has 0 atom stereocenters. The van der Waals surface area contributed by atoms with Crippen molar-refractivity contribution in [3.63, 3.8) is 0 Å². The number of ether oxygens (including phenoxy) is 1. The van der Waals surface area contributed by atoms with Gasteiger partial charge in [-0.15, -0.1) is 0 Å². The van der Waals surface area contributed by atoms with Gasteiger partial charge in [0, 0.05) is 41.9 Å². The first kappa shape index (κ1) is 22.3. The Hall–Kier alpha value is -4.21. The minimum absolute atomic E-state index is 0.138. The van der Waals surface area contributed by atoms with Crippen molar-refractivity contribution < 1.29 is 14.1 Å². The van der Waals surface area contributed by atoms with Crippen LogP contribution >= 0.6 is 0 Å². The van der Waals surface area contributed by atoms with Crippen molar-refractivity contribution in [1.29, 1.82) is 0 Å². The number of methoxy groups -OCH3 is 1. The van der Waals surface area contributed by atoms with Crippen molar-refractivity contribution in [2.75, 3.05) is 12.4 Å². The maximum atomic E-state index is 12.3. The second-order valence-electron chi connectivity index (χ2n) is 9.27. The first-order valence-corrected chi connectivity index (χ1v) is 12.1. The Labute approximate surface area is 207 Å². The van der Waals surface area contributed by atoms with Crippen molar-refractivity contribution in [3.8, 4) is 16.9 Å². The number of aromatic nitrogens is 6. The number of benzene rings is 1. The van der Waals surface area contributed by atoms with E-state index < -0.39 is 0 Å². The summed E-state index contributed by atoms with van der Waals surface area (Å²) in [6, 6.07) is 6.04. The number of carbonyl (C=O) groups is 1. The molecule has 0 bridgehead atoms. The minimum atomic E-state index is -0.213. The molecule has 10 nitrogen and oxygen atoms in total. The first-order chi connectivity index (χ1) is 17.4. The van der Waals surface area contributed by atoms with Crippen molar-refractivity contribution in [1.82, 2.24) is 29.9 Å². The molecular weight excluding hydrogens is 458 g/mol. The van der Waals surface area contributed by atoms with Crippen molar-refractivity contribution in [2.24, 2.45) is 0 Å². The second kappa shape index (κ2) is 8.18. The number of hydrogen-bond acceptors (Lipinski definition) is 8. The summed E-state index contributed by atoms with van der Waals surface area (Å²) in [5.74, 6) is 3.21. The average Bonchev–Trinajstić information content (AvgIpc) is 3.41. The molecule has 1 aliphatic carbocycles. The molecule has 0 saturated heterocycles. The summed E-state index contributed by atoms with van der Waals surface area (Å²) in [6.07, 6.45) is 2.34. The molecule has 10 heteroatoms. The topological polar surface area (TPSA) is 124 Å². The van der Waals surface area contributed by atoms with E-state index in [-0.39, 0.29) is 11.6 Å². The highest BCUT2D eigenvalue weighted by atomic mass is 16.5. The number of nitrogens with zero attached hydrogens (tertiary/aromatic N) is 5. The van der Waals surface area contributed by atoms with Crippen LogP contribution < -0.4 is 10.1 Å². The Bertz CT molecular complexity index is 1640. The van der Waals surface area contributed by atoms with Crippen molar-refractivity contribution >= 4 is 39.4 Å². The Morgan fingerprint density at radius 2 is 2.06 bits per heavy atom. The molecule has 0 aliphatic heterocycles. The van der Waals surface area contributed by atoms with Gasteiger partial charge in [-0.2, -0.15) is 5.10 Å². The van der Waals surface area contributed by atoms with E-state index in [2.05, 4.69) is 38.4 Å². The van der Waals surface area contributed by atoms with Crippen LogP contribution in [0.4, 0.5) is 11.6 Å². The number of rotatable bonds is 7. The SMILES string of the molecule is CCn1nc(C2CC2)cc1Nc1nc(C(C)=O)nc2[nH]c3cc(-c4c(C)noc4C)c(OC)cc3c12. The number of aromatic amines is 1. The summed E-state index contributed by atoms with van der Waals surface area (Å²) in [4.78, 5) is 24.8. The fourth-order valence-electron chi connectivity index (χ4n) is 4.78. The highest BCUT2D eigenvalue weighted by Gasteiger charge is 2.28. The summed E-state index contributed by atoms with van der Waals surface area (Å²) in [5, 5.41) is 14.0. The molecule has 36 heavy (non-hydrogen) atoms. The number of hydrogen-bond donors (Lipinski definition) is 2. The van der Waals surface area contributed by atoms with Gasteiger partial charge in [0.15, 0.2) is 11.6 Å². The molecule has 1 fully saturated rings. The van der Waals surface area contributed by atoms with Crippen LogP contribution in [0.5, 0.6) is 5.75 Å². The molecular formula is C26H27N7O3. The van der Waals surface area contributed by atoms with Crippen LogP contribution in [-0.2, 0) is 6.54 Å². The zero-order chi connectivity index (χ0) is 25.1. The summed E-state index contributed by atoms with van der Waals surface area (Å²) in [5.41, 5.74) is 5.01. The maximum Gasteiger partial charge on any atom is 0.199 e. The van der Waals surface area contributed by atoms with E-state index in [4.69, 9.17) is 14.4 Å². The predicted octanol–water partition coefficient (Wildman–Crippen LogP) is 5.43. The van der Waals surface area contributed by atoms with Gasteiger partial charge in [-0.05, 0) is 45.7 Å². The second-order valence-corrected chi connectivity index (χ2v) is 9.27. The van der Waals surface area contributed by atoms with Gasteiger partial charge in [-0.1, -0.05) is 5.16 Å². The van der Waals surface area contributed by atoms with Crippen molar-refractivity contribution in [3.05, 3.63) is 41.2 Å². The average molecular weight is 486 g/mol. The van der Waals surface area contributed by atoms with Gasteiger partial charge < -0.3 is 19.6 Å². The fraction of sp³-hybridized carbons (Fsp3) is 0.346. The third-order valence-electron chi connectivity index (χ3n) is 6.73. The molecule has 4 heterocycles. The molecule has 5 aromatic rings. The van der Waals surface area contributed by atoms with Gasteiger partial charge in [0.2, 0.25) is 0 Å². The van der Waals surface area contributed by atoms with Gasteiger partial charge in [0.1, 0.15) is 28.8 Å².